The maximum atomic E-state index is 12.9. The van der Waals surface area contributed by atoms with Gasteiger partial charge in [-0.1, -0.05) is 19.1 Å². The van der Waals surface area contributed by atoms with Crippen LogP contribution < -0.4 is 4.74 Å². The highest BCUT2D eigenvalue weighted by molar-refractivity contribution is 5.88. The standard InChI is InChI=1S/C26H40N2O7/c1-18-13-28(19(2)16-33-17-20-8-10-21(32-7)11-9-20)24(30)12-22(15-29)34-23(18)14-27(6)25(31)35-26(3,4)5/h8-12,18-19,23,29H,13-17H2,1-7H3/b22-12-/t18-,19+,23+/m1/s1. The summed E-state index contributed by atoms with van der Waals surface area (Å²) in [4.78, 5) is 28.5. The van der Waals surface area contributed by atoms with Crippen LogP contribution in [0.4, 0.5) is 4.79 Å². The lowest BCUT2D eigenvalue weighted by atomic mass is 10.0. The number of carbonyl (C=O) groups excluding carboxylic acids is 2. The molecule has 2 amide bonds. The minimum absolute atomic E-state index is 0.122. The van der Waals surface area contributed by atoms with Crippen LogP contribution >= 0.6 is 0 Å². The lowest BCUT2D eigenvalue weighted by Crippen LogP contribution is -2.49. The lowest BCUT2D eigenvalue weighted by Gasteiger charge is -2.37. The van der Waals surface area contributed by atoms with E-state index < -0.39 is 24.4 Å². The van der Waals surface area contributed by atoms with Crippen molar-refractivity contribution in [2.24, 2.45) is 5.92 Å². The van der Waals surface area contributed by atoms with Gasteiger partial charge in [0.2, 0.25) is 5.91 Å². The van der Waals surface area contributed by atoms with Gasteiger partial charge in [0.1, 0.15) is 29.8 Å². The molecule has 0 unspecified atom stereocenters. The Labute approximate surface area is 208 Å². The smallest absolute Gasteiger partial charge is 0.410 e. The third-order valence-corrected chi connectivity index (χ3v) is 5.62. The van der Waals surface area contributed by atoms with Crippen LogP contribution in [0, 0.1) is 5.92 Å². The van der Waals surface area contributed by atoms with Gasteiger partial charge in [-0.2, -0.15) is 0 Å². The Balaban J connectivity index is 2.04. The van der Waals surface area contributed by atoms with Gasteiger partial charge < -0.3 is 33.9 Å². The molecule has 1 aromatic rings. The third-order valence-electron chi connectivity index (χ3n) is 5.62. The molecule has 0 spiro atoms. The van der Waals surface area contributed by atoms with Crippen molar-refractivity contribution in [3.05, 3.63) is 41.7 Å². The normalized spacial score (nSPS) is 21.2. The van der Waals surface area contributed by atoms with Crippen LogP contribution in [0.2, 0.25) is 0 Å². The van der Waals surface area contributed by atoms with Crippen LogP contribution in [0.1, 0.15) is 40.2 Å². The number of ether oxygens (including phenoxy) is 4. The van der Waals surface area contributed by atoms with Crippen molar-refractivity contribution >= 4 is 12.0 Å². The second kappa shape index (κ2) is 12.8. The van der Waals surface area contributed by atoms with E-state index in [0.29, 0.717) is 19.8 Å². The number of nitrogens with zero attached hydrogens (tertiary/aromatic N) is 2. The first-order valence-corrected chi connectivity index (χ1v) is 11.9. The van der Waals surface area contributed by atoms with Gasteiger partial charge in [0.05, 0.1) is 32.9 Å². The quantitative estimate of drug-likeness (QED) is 0.565. The van der Waals surface area contributed by atoms with Gasteiger partial charge in [0, 0.05) is 25.6 Å². The molecule has 9 nitrogen and oxygen atoms in total. The van der Waals surface area contributed by atoms with Gasteiger partial charge >= 0.3 is 6.09 Å². The molecule has 1 aromatic carbocycles. The van der Waals surface area contributed by atoms with Crippen LogP contribution in [0.3, 0.4) is 0 Å². The first kappa shape index (κ1) is 28.5. The molecule has 0 radical (unpaired) electrons. The Hall–Kier alpha value is -2.78. The summed E-state index contributed by atoms with van der Waals surface area (Å²) in [5, 5.41) is 9.75. The van der Waals surface area contributed by atoms with Crippen molar-refractivity contribution < 1.29 is 33.6 Å². The molecule has 196 valence electrons. The molecule has 0 bridgehead atoms. The zero-order valence-electron chi connectivity index (χ0n) is 21.9. The van der Waals surface area contributed by atoms with Crippen LogP contribution in [0.15, 0.2) is 36.1 Å². The number of aliphatic hydroxyl groups excluding tert-OH is 1. The highest BCUT2D eigenvalue weighted by Crippen LogP contribution is 2.21. The molecule has 1 N–H and O–H groups in total. The predicted molar refractivity (Wildman–Crippen MR) is 132 cm³/mol. The summed E-state index contributed by atoms with van der Waals surface area (Å²) in [6.07, 6.45) is 0.416. The molecule has 3 atom stereocenters. The van der Waals surface area contributed by atoms with Crippen molar-refractivity contribution in [1.29, 1.82) is 0 Å². The minimum Gasteiger partial charge on any atom is -0.497 e. The molecule has 1 aliphatic rings. The molecule has 0 saturated heterocycles. The number of hydrogen-bond donors (Lipinski definition) is 1. The molecule has 9 heteroatoms. The van der Waals surface area contributed by atoms with Crippen molar-refractivity contribution in [1.82, 2.24) is 9.80 Å². The van der Waals surface area contributed by atoms with Crippen LogP contribution in [-0.2, 0) is 25.6 Å². The number of benzene rings is 1. The number of methoxy groups -OCH3 is 1. The summed E-state index contributed by atoms with van der Waals surface area (Å²) >= 11 is 0. The Morgan fingerprint density at radius 1 is 1.29 bits per heavy atom. The summed E-state index contributed by atoms with van der Waals surface area (Å²) < 4.78 is 22.4. The van der Waals surface area contributed by atoms with Gasteiger partial charge in [0.15, 0.2) is 0 Å². The summed E-state index contributed by atoms with van der Waals surface area (Å²) in [6, 6.07) is 7.42. The molecule has 0 aromatic heterocycles. The minimum atomic E-state index is -0.612. The molecule has 2 rings (SSSR count). The van der Waals surface area contributed by atoms with Crippen molar-refractivity contribution in [2.75, 3.05) is 40.5 Å². The number of carbonyl (C=O) groups is 2. The monoisotopic (exact) mass is 492 g/mol. The van der Waals surface area contributed by atoms with Crippen molar-refractivity contribution in [3.63, 3.8) is 0 Å². The zero-order chi connectivity index (χ0) is 26.2. The van der Waals surface area contributed by atoms with E-state index in [4.69, 9.17) is 18.9 Å². The second-order valence-electron chi connectivity index (χ2n) is 9.97. The van der Waals surface area contributed by atoms with Gasteiger partial charge in [0.25, 0.3) is 0 Å². The Morgan fingerprint density at radius 3 is 2.51 bits per heavy atom. The second-order valence-corrected chi connectivity index (χ2v) is 9.97. The highest BCUT2D eigenvalue weighted by Gasteiger charge is 2.32. The van der Waals surface area contributed by atoms with E-state index >= 15 is 0 Å². The predicted octanol–water partition coefficient (Wildman–Crippen LogP) is 3.21. The number of rotatable bonds is 9. The van der Waals surface area contributed by atoms with Crippen molar-refractivity contribution in [2.45, 2.75) is 59.0 Å². The fraction of sp³-hybridized carbons (Fsp3) is 0.615. The molecule has 35 heavy (non-hydrogen) atoms. The fourth-order valence-electron chi connectivity index (χ4n) is 3.62. The topological polar surface area (TPSA) is 97.8 Å². The van der Waals surface area contributed by atoms with E-state index in [1.165, 1.54) is 11.0 Å². The number of aliphatic hydroxyl groups is 1. The SMILES string of the molecule is COc1ccc(COC[C@H](C)N2C[C@@H](C)[C@H](CN(C)C(=O)OC(C)(C)C)O/C(CO)=C\C2=O)cc1. The molecular formula is C26H40N2O7. The van der Waals surface area contributed by atoms with Gasteiger partial charge in [-0.25, -0.2) is 4.79 Å². The summed E-state index contributed by atoms with van der Waals surface area (Å²) in [5.41, 5.74) is 0.394. The van der Waals surface area contributed by atoms with Crippen molar-refractivity contribution in [3.8, 4) is 5.75 Å². The molecule has 0 aliphatic carbocycles. The van der Waals surface area contributed by atoms with Gasteiger partial charge in [-0.05, 0) is 45.4 Å². The van der Waals surface area contributed by atoms with E-state index in [1.807, 2.05) is 58.9 Å². The molecule has 1 heterocycles. The average molecular weight is 493 g/mol. The Kier molecular flexibility index (Phi) is 10.4. The fourth-order valence-corrected chi connectivity index (χ4v) is 3.62. The highest BCUT2D eigenvalue weighted by atomic mass is 16.6. The zero-order valence-corrected chi connectivity index (χ0v) is 21.9. The van der Waals surface area contributed by atoms with Gasteiger partial charge in [-0.3, -0.25) is 4.79 Å². The summed E-state index contributed by atoms with van der Waals surface area (Å²) in [7, 11) is 3.26. The van der Waals surface area contributed by atoms with Crippen LogP contribution in [0.5, 0.6) is 5.75 Å². The molecule has 0 fully saturated rings. The van der Waals surface area contributed by atoms with Crippen LogP contribution in [0.25, 0.3) is 0 Å². The van der Waals surface area contributed by atoms with Crippen LogP contribution in [-0.4, -0.2) is 85.1 Å². The maximum absolute atomic E-state index is 12.9. The van der Waals surface area contributed by atoms with E-state index in [9.17, 15) is 14.7 Å². The van der Waals surface area contributed by atoms with E-state index in [1.54, 1.807) is 19.1 Å². The lowest BCUT2D eigenvalue weighted by molar-refractivity contribution is -0.132. The Bertz CT molecular complexity index is 863. The number of amides is 2. The third kappa shape index (κ3) is 9.07. The molecule has 1 aliphatic heterocycles. The number of hydrogen-bond acceptors (Lipinski definition) is 7. The average Bonchev–Trinajstić information content (AvgIpc) is 2.79. The first-order chi connectivity index (χ1) is 16.4. The first-order valence-electron chi connectivity index (χ1n) is 11.9. The Morgan fingerprint density at radius 2 is 1.94 bits per heavy atom. The molecular weight excluding hydrogens is 452 g/mol. The van der Waals surface area contributed by atoms with E-state index in [-0.39, 0.29) is 30.2 Å². The summed E-state index contributed by atoms with van der Waals surface area (Å²) in [6.45, 7) is 10.3. The van der Waals surface area contributed by atoms with E-state index in [2.05, 4.69) is 0 Å². The van der Waals surface area contributed by atoms with E-state index in [0.717, 1.165) is 11.3 Å². The summed E-state index contributed by atoms with van der Waals surface area (Å²) in [5.74, 6) is 0.576. The maximum Gasteiger partial charge on any atom is 0.410 e. The number of likely N-dealkylation sites (N-methyl/N-ethyl adjacent to an activating group) is 1. The van der Waals surface area contributed by atoms with Gasteiger partial charge in [-0.15, -0.1) is 0 Å². The molecule has 0 saturated carbocycles. The largest absolute Gasteiger partial charge is 0.497 e.